The second-order valence-electron chi connectivity index (χ2n) is 7.32. The Morgan fingerprint density at radius 3 is 2.30 bits per heavy atom. The predicted octanol–water partition coefficient (Wildman–Crippen LogP) is 4.31. The van der Waals surface area contributed by atoms with Gasteiger partial charge in [-0.15, -0.1) is 24.0 Å². The number of halogens is 4. The summed E-state index contributed by atoms with van der Waals surface area (Å²) in [6.07, 6.45) is -4.40. The van der Waals surface area contributed by atoms with Crippen molar-refractivity contribution in [2.24, 2.45) is 10.7 Å². The minimum absolute atomic E-state index is 0. The van der Waals surface area contributed by atoms with E-state index in [1.165, 1.54) is 6.07 Å². The number of guanidine groups is 1. The molecule has 30 heavy (non-hydrogen) atoms. The molecular weight excluding hydrogens is 506 g/mol. The van der Waals surface area contributed by atoms with E-state index in [1.807, 2.05) is 38.2 Å². The third-order valence-corrected chi connectivity index (χ3v) is 4.99. The van der Waals surface area contributed by atoms with Crippen LogP contribution in [0.2, 0.25) is 0 Å². The maximum Gasteiger partial charge on any atom is 0.416 e. The summed E-state index contributed by atoms with van der Waals surface area (Å²) in [7, 11) is 2.03. The van der Waals surface area contributed by atoms with Crippen LogP contribution in [0.15, 0.2) is 47.5 Å². The number of anilines is 2. The molecule has 0 saturated carbocycles. The highest BCUT2D eigenvalue weighted by atomic mass is 127. The Morgan fingerprint density at radius 2 is 1.70 bits per heavy atom. The van der Waals surface area contributed by atoms with Gasteiger partial charge in [-0.2, -0.15) is 13.2 Å². The van der Waals surface area contributed by atoms with Gasteiger partial charge < -0.3 is 20.9 Å². The smallest absolute Gasteiger partial charge is 0.370 e. The van der Waals surface area contributed by atoms with Crippen LogP contribution >= 0.6 is 24.0 Å². The summed E-state index contributed by atoms with van der Waals surface area (Å²) in [5.74, 6) is 0.163. The van der Waals surface area contributed by atoms with Gasteiger partial charge in [0.2, 0.25) is 0 Å². The Morgan fingerprint density at radius 1 is 1.07 bits per heavy atom. The zero-order valence-corrected chi connectivity index (χ0v) is 19.4. The minimum Gasteiger partial charge on any atom is -0.370 e. The number of nitrogens with two attached hydrogens (primary N) is 1. The summed E-state index contributed by atoms with van der Waals surface area (Å²) >= 11 is 0. The van der Waals surface area contributed by atoms with E-state index in [0.29, 0.717) is 5.56 Å². The molecule has 2 aromatic rings. The fraction of sp³-hybridized carbons (Fsp3) is 0.381. The Labute approximate surface area is 192 Å². The zero-order chi connectivity index (χ0) is 21.0. The highest BCUT2D eigenvalue weighted by Gasteiger charge is 2.31. The molecule has 1 saturated heterocycles. The molecule has 164 valence electrons. The first-order chi connectivity index (χ1) is 13.7. The molecule has 0 radical (unpaired) electrons. The van der Waals surface area contributed by atoms with Crippen LogP contribution in [0.4, 0.5) is 24.5 Å². The number of nitrogens with zero attached hydrogens (tertiary/aromatic N) is 3. The monoisotopic (exact) mass is 533 g/mol. The van der Waals surface area contributed by atoms with Gasteiger partial charge in [-0.05, 0) is 49.9 Å². The van der Waals surface area contributed by atoms with Crippen molar-refractivity contribution in [3.8, 4) is 0 Å². The molecule has 5 nitrogen and oxygen atoms in total. The van der Waals surface area contributed by atoms with Gasteiger partial charge in [0.25, 0.3) is 0 Å². The average Bonchev–Trinajstić information content (AvgIpc) is 2.68. The molecule has 0 atom stereocenters. The van der Waals surface area contributed by atoms with E-state index in [9.17, 15) is 13.2 Å². The summed E-state index contributed by atoms with van der Waals surface area (Å²) in [6.45, 7) is 5.29. The van der Waals surface area contributed by atoms with E-state index in [4.69, 9.17) is 5.73 Å². The number of rotatable bonds is 4. The number of hydrogen-bond acceptors (Lipinski definition) is 3. The SMILES string of the molecule is Cc1ccc(NC(N)=NCc2cc(C(F)(F)F)ccc2N2CCN(C)CC2)cc1.I. The number of nitrogens with one attached hydrogen (secondary N) is 1. The number of hydrogen-bond donors (Lipinski definition) is 2. The average molecular weight is 533 g/mol. The Balaban J connectivity index is 0.00000320. The molecule has 0 bridgehead atoms. The molecule has 9 heteroatoms. The van der Waals surface area contributed by atoms with Gasteiger partial charge in [0.05, 0.1) is 12.1 Å². The fourth-order valence-corrected chi connectivity index (χ4v) is 3.24. The summed E-state index contributed by atoms with van der Waals surface area (Å²) in [5.41, 5.74) is 8.47. The van der Waals surface area contributed by atoms with Crippen molar-refractivity contribution in [3.05, 3.63) is 59.2 Å². The Kier molecular flexibility index (Phi) is 8.36. The Bertz CT molecular complexity index is 860. The third kappa shape index (κ3) is 6.49. The van der Waals surface area contributed by atoms with Gasteiger partial charge in [0, 0.05) is 37.6 Å². The van der Waals surface area contributed by atoms with E-state index in [1.54, 1.807) is 6.07 Å². The van der Waals surface area contributed by atoms with Gasteiger partial charge in [-0.3, -0.25) is 0 Å². The van der Waals surface area contributed by atoms with Crippen LogP contribution in [-0.2, 0) is 12.7 Å². The molecular formula is C21H27F3IN5. The highest BCUT2D eigenvalue weighted by molar-refractivity contribution is 14.0. The molecule has 1 heterocycles. The van der Waals surface area contributed by atoms with Crippen LogP contribution in [0.3, 0.4) is 0 Å². The van der Waals surface area contributed by atoms with Gasteiger partial charge in [-0.1, -0.05) is 17.7 Å². The van der Waals surface area contributed by atoms with Crippen LogP contribution in [0.5, 0.6) is 0 Å². The standard InChI is InChI=1S/C21H26F3N5.HI/c1-15-3-6-18(7-4-15)27-20(25)26-14-16-13-17(21(22,23)24)5-8-19(16)29-11-9-28(2)10-12-29;/h3-8,13H,9-12,14H2,1-2H3,(H3,25,26,27);1H. The highest BCUT2D eigenvalue weighted by Crippen LogP contribution is 2.33. The molecule has 0 aromatic heterocycles. The molecule has 0 aliphatic carbocycles. The van der Waals surface area contributed by atoms with Crippen molar-refractivity contribution < 1.29 is 13.2 Å². The summed E-state index contributed by atoms with van der Waals surface area (Å²) in [4.78, 5) is 8.59. The lowest BCUT2D eigenvalue weighted by molar-refractivity contribution is -0.137. The Hall–Kier alpha value is -2.01. The second-order valence-corrected chi connectivity index (χ2v) is 7.32. The van der Waals surface area contributed by atoms with Crippen LogP contribution in [0.25, 0.3) is 0 Å². The number of benzene rings is 2. The molecule has 1 fully saturated rings. The quantitative estimate of drug-likeness (QED) is 0.350. The van der Waals surface area contributed by atoms with E-state index in [0.717, 1.165) is 49.2 Å². The lowest BCUT2D eigenvalue weighted by Crippen LogP contribution is -2.44. The van der Waals surface area contributed by atoms with Crippen LogP contribution in [0.1, 0.15) is 16.7 Å². The molecule has 2 aromatic carbocycles. The first-order valence-corrected chi connectivity index (χ1v) is 9.49. The summed E-state index contributed by atoms with van der Waals surface area (Å²) < 4.78 is 39.7. The van der Waals surface area contributed by atoms with Crippen molar-refractivity contribution in [2.75, 3.05) is 43.4 Å². The lowest BCUT2D eigenvalue weighted by Gasteiger charge is -2.35. The number of likely N-dealkylation sites (N-methyl/N-ethyl adjacent to an activating group) is 1. The van der Waals surface area contributed by atoms with Crippen molar-refractivity contribution in [3.63, 3.8) is 0 Å². The topological polar surface area (TPSA) is 56.9 Å². The molecule has 3 rings (SSSR count). The zero-order valence-electron chi connectivity index (χ0n) is 17.0. The molecule has 0 amide bonds. The molecule has 1 aliphatic heterocycles. The van der Waals surface area contributed by atoms with E-state index in [2.05, 4.69) is 20.1 Å². The van der Waals surface area contributed by atoms with E-state index < -0.39 is 11.7 Å². The first kappa shape index (κ1) is 24.3. The first-order valence-electron chi connectivity index (χ1n) is 9.49. The number of aliphatic imine (C=N–C) groups is 1. The molecule has 0 unspecified atom stereocenters. The number of aryl methyl sites for hydroxylation is 1. The molecule has 3 N–H and O–H groups in total. The number of piperazine rings is 1. The maximum absolute atomic E-state index is 13.2. The number of alkyl halides is 3. The lowest BCUT2D eigenvalue weighted by atomic mass is 10.1. The third-order valence-electron chi connectivity index (χ3n) is 4.99. The van der Waals surface area contributed by atoms with Crippen LogP contribution in [0, 0.1) is 6.92 Å². The molecule has 0 spiro atoms. The van der Waals surface area contributed by atoms with Crippen molar-refractivity contribution in [1.82, 2.24) is 4.90 Å². The molecule has 1 aliphatic rings. The van der Waals surface area contributed by atoms with E-state index >= 15 is 0 Å². The van der Waals surface area contributed by atoms with E-state index in [-0.39, 0.29) is 36.5 Å². The van der Waals surface area contributed by atoms with Crippen LogP contribution < -0.4 is 16.0 Å². The summed E-state index contributed by atoms with van der Waals surface area (Å²) in [5, 5.41) is 2.97. The fourth-order valence-electron chi connectivity index (χ4n) is 3.24. The predicted molar refractivity (Wildman–Crippen MR) is 127 cm³/mol. The van der Waals surface area contributed by atoms with Gasteiger partial charge in [0.1, 0.15) is 0 Å². The van der Waals surface area contributed by atoms with Gasteiger partial charge in [-0.25, -0.2) is 4.99 Å². The van der Waals surface area contributed by atoms with Crippen molar-refractivity contribution >= 4 is 41.3 Å². The second kappa shape index (κ2) is 10.3. The maximum atomic E-state index is 13.2. The summed E-state index contributed by atoms with van der Waals surface area (Å²) in [6, 6.07) is 11.5. The van der Waals surface area contributed by atoms with Crippen molar-refractivity contribution in [1.29, 1.82) is 0 Å². The van der Waals surface area contributed by atoms with Crippen LogP contribution in [-0.4, -0.2) is 44.1 Å². The largest absolute Gasteiger partial charge is 0.416 e. The van der Waals surface area contributed by atoms with Gasteiger partial charge in [0.15, 0.2) is 5.96 Å². The normalized spacial score (nSPS) is 15.6. The van der Waals surface area contributed by atoms with Crippen molar-refractivity contribution in [2.45, 2.75) is 19.6 Å². The minimum atomic E-state index is -4.40. The van der Waals surface area contributed by atoms with Gasteiger partial charge >= 0.3 is 6.18 Å².